The van der Waals surface area contributed by atoms with Crippen LogP contribution in [0, 0.1) is 11.6 Å². The lowest BCUT2D eigenvalue weighted by Gasteiger charge is -2.17. The molecule has 9 heteroatoms. The van der Waals surface area contributed by atoms with Gasteiger partial charge in [0.15, 0.2) is 11.6 Å². The van der Waals surface area contributed by atoms with E-state index in [-0.39, 0.29) is 5.56 Å². The number of thiophene rings is 1. The number of nitrogens with one attached hydrogen (secondary N) is 2. The molecule has 0 saturated carbocycles. The Kier molecular flexibility index (Phi) is 5.56. The van der Waals surface area contributed by atoms with E-state index in [9.17, 15) is 18.4 Å². The smallest absolute Gasteiger partial charge is 0.262 e. The molecule has 0 saturated heterocycles. The number of nitrogens with zero attached hydrogens (tertiary/aromatic N) is 1. The average molecular weight is 444 g/mol. The third kappa shape index (κ3) is 3.94. The fraction of sp³-hybridized carbons (Fsp3) is 0.0952. The maximum Gasteiger partial charge on any atom is 0.262 e. The molecule has 4 rings (SSSR count). The van der Waals surface area contributed by atoms with Gasteiger partial charge in [0.2, 0.25) is 5.91 Å². The van der Waals surface area contributed by atoms with E-state index in [1.165, 1.54) is 35.8 Å². The maximum atomic E-state index is 13.6. The second-order valence-corrected chi connectivity index (χ2v) is 8.46. The zero-order chi connectivity index (χ0) is 21.3. The van der Waals surface area contributed by atoms with Gasteiger partial charge in [0.25, 0.3) is 5.91 Å². The summed E-state index contributed by atoms with van der Waals surface area (Å²) in [6, 6.07) is 13.1. The highest BCUT2D eigenvalue weighted by molar-refractivity contribution is 7.26. The van der Waals surface area contributed by atoms with Crippen LogP contribution in [0.4, 0.5) is 8.78 Å². The van der Waals surface area contributed by atoms with Gasteiger partial charge in [-0.15, -0.1) is 22.7 Å². The number of aromatic nitrogens is 1. The normalized spacial score (nSPS) is 12.0. The standard InChI is InChI=1S/C21H15F2N3O2S2/c1-24-20(28)18(11-6-7-12(22)13(23)10-11)26-19(27)16-8-9-17(29-16)21-25-14-4-2-3-5-15(14)30-21/h2-10,18H,1H3,(H,24,28)(H,26,27). The molecule has 2 aromatic carbocycles. The van der Waals surface area contributed by atoms with Gasteiger partial charge in [0, 0.05) is 7.05 Å². The zero-order valence-corrected chi connectivity index (χ0v) is 17.2. The summed E-state index contributed by atoms with van der Waals surface area (Å²) in [4.78, 5) is 30.8. The number of hydrogen-bond donors (Lipinski definition) is 2. The largest absolute Gasteiger partial charge is 0.357 e. The summed E-state index contributed by atoms with van der Waals surface area (Å²) >= 11 is 2.77. The highest BCUT2D eigenvalue weighted by Gasteiger charge is 2.24. The molecule has 1 atom stereocenters. The van der Waals surface area contributed by atoms with Gasteiger partial charge in [-0.1, -0.05) is 18.2 Å². The Balaban J connectivity index is 1.58. The number of carbonyl (C=O) groups excluding carboxylic acids is 2. The molecule has 0 aliphatic carbocycles. The summed E-state index contributed by atoms with van der Waals surface area (Å²) in [6.45, 7) is 0. The average Bonchev–Trinajstić information content (AvgIpc) is 3.40. The lowest BCUT2D eigenvalue weighted by atomic mass is 10.1. The summed E-state index contributed by atoms with van der Waals surface area (Å²) in [5, 5.41) is 5.81. The monoisotopic (exact) mass is 443 g/mol. The van der Waals surface area contributed by atoms with Crippen molar-refractivity contribution in [2.75, 3.05) is 7.05 Å². The molecule has 0 bridgehead atoms. The molecule has 30 heavy (non-hydrogen) atoms. The topological polar surface area (TPSA) is 71.1 Å². The summed E-state index contributed by atoms with van der Waals surface area (Å²) in [5.41, 5.74) is 1.03. The van der Waals surface area contributed by atoms with Gasteiger partial charge in [0.1, 0.15) is 11.0 Å². The van der Waals surface area contributed by atoms with Crippen molar-refractivity contribution < 1.29 is 18.4 Å². The van der Waals surface area contributed by atoms with Crippen LogP contribution in [0.1, 0.15) is 21.3 Å². The van der Waals surface area contributed by atoms with Crippen LogP contribution < -0.4 is 10.6 Å². The molecule has 0 aliphatic rings. The summed E-state index contributed by atoms with van der Waals surface area (Å²) < 4.78 is 27.9. The molecular weight excluding hydrogens is 428 g/mol. The molecule has 2 N–H and O–H groups in total. The van der Waals surface area contributed by atoms with Crippen LogP contribution in [0.5, 0.6) is 0 Å². The first kappa shape index (κ1) is 20.1. The van der Waals surface area contributed by atoms with Crippen LogP contribution in [0.15, 0.2) is 54.6 Å². The van der Waals surface area contributed by atoms with Gasteiger partial charge >= 0.3 is 0 Å². The number of rotatable bonds is 5. The Morgan fingerprint density at radius 2 is 1.80 bits per heavy atom. The number of likely N-dealkylation sites (N-methyl/N-ethyl adjacent to an activating group) is 1. The van der Waals surface area contributed by atoms with E-state index in [1.807, 2.05) is 24.3 Å². The Bertz CT molecular complexity index is 1220. The zero-order valence-electron chi connectivity index (χ0n) is 15.6. The number of para-hydroxylation sites is 1. The quantitative estimate of drug-likeness (QED) is 0.476. The molecule has 0 fully saturated rings. The van der Waals surface area contributed by atoms with Crippen molar-refractivity contribution in [2.24, 2.45) is 0 Å². The Labute approximate surface area is 178 Å². The summed E-state index contributed by atoms with van der Waals surface area (Å²) in [6.07, 6.45) is 0. The second-order valence-electron chi connectivity index (χ2n) is 6.34. The van der Waals surface area contributed by atoms with Gasteiger partial charge in [-0.25, -0.2) is 13.8 Å². The fourth-order valence-electron chi connectivity index (χ4n) is 2.89. The van der Waals surface area contributed by atoms with Crippen molar-refractivity contribution in [3.05, 3.63) is 76.7 Å². The van der Waals surface area contributed by atoms with Crippen molar-refractivity contribution >= 4 is 44.7 Å². The van der Waals surface area contributed by atoms with E-state index in [0.717, 1.165) is 32.2 Å². The lowest BCUT2D eigenvalue weighted by molar-refractivity contribution is -0.122. The number of hydrogen-bond acceptors (Lipinski definition) is 5. The van der Waals surface area contributed by atoms with E-state index in [4.69, 9.17) is 0 Å². The number of amides is 2. The second kappa shape index (κ2) is 8.29. The highest BCUT2D eigenvalue weighted by atomic mass is 32.1. The van der Waals surface area contributed by atoms with E-state index in [1.54, 1.807) is 12.1 Å². The predicted molar refractivity (Wildman–Crippen MR) is 114 cm³/mol. The van der Waals surface area contributed by atoms with Gasteiger partial charge in [-0.05, 0) is 42.0 Å². The first-order valence-electron chi connectivity index (χ1n) is 8.89. The molecule has 2 amide bonds. The van der Waals surface area contributed by atoms with Crippen LogP contribution in [-0.2, 0) is 4.79 Å². The Morgan fingerprint density at radius 3 is 2.53 bits per heavy atom. The van der Waals surface area contributed by atoms with E-state index >= 15 is 0 Å². The molecule has 1 unspecified atom stereocenters. The minimum Gasteiger partial charge on any atom is -0.357 e. The molecule has 152 valence electrons. The van der Waals surface area contributed by atoms with E-state index in [0.29, 0.717) is 4.88 Å². The van der Waals surface area contributed by atoms with Crippen LogP contribution in [0.2, 0.25) is 0 Å². The van der Waals surface area contributed by atoms with Crippen molar-refractivity contribution in [1.82, 2.24) is 15.6 Å². The number of benzene rings is 2. The number of fused-ring (bicyclic) bond motifs is 1. The minimum absolute atomic E-state index is 0.143. The van der Waals surface area contributed by atoms with Gasteiger partial charge in [-0.3, -0.25) is 9.59 Å². The third-order valence-corrected chi connectivity index (χ3v) is 6.69. The number of thiazole rings is 1. The fourth-order valence-corrected chi connectivity index (χ4v) is 4.82. The molecule has 0 radical (unpaired) electrons. The molecule has 4 aromatic rings. The van der Waals surface area contributed by atoms with Crippen molar-refractivity contribution in [3.63, 3.8) is 0 Å². The van der Waals surface area contributed by atoms with Gasteiger partial charge in [-0.2, -0.15) is 0 Å². The Hall–Kier alpha value is -3.17. The van der Waals surface area contributed by atoms with Crippen LogP contribution in [-0.4, -0.2) is 23.8 Å². The number of carbonyl (C=O) groups is 2. The van der Waals surface area contributed by atoms with Gasteiger partial charge in [0.05, 0.1) is 20.0 Å². The molecule has 5 nitrogen and oxygen atoms in total. The minimum atomic E-state index is -1.16. The van der Waals surface area contributed by atoms with Crippen molar-refractivity contribution in [1.29, 1.82) is 0 Å². The van der Waals surface area contributed by atoms with Crippen LogP contribution in [0.3, 0.4) is 0 Å². The van der Waals surface area contributed by atoms with Crippen molar-refractivity contribution in [2.45, 2.75) is 6.04 Å². The SMILES string of the molecule is CNC(=O)C(NC(=O)c1ccc(-c2nc3ccccc3s2)s1)c1ccc(F)c(F)c1. The third-order valence-electron chi connectivity index (χ3n) is 4.40. The highest BCUT2D eigenvalue weighted by Crippen LogP contribution is 2.34. The molecule has 0 spiro atoms. The predicted octanol–water partition coefficient (Wildman–Crippen LogP) is 4.52. The summed E-state index contributed by atoms with van der Waals surface area (Å²) in [7, 11) is 1.40. The van der Waals surface area contributed by atoms with E-state index < -0.39 is 29.5 Å². The maximum absolute atomic E-state index is 13.6. The molecular formula is C21H15F2N3O2S2. The summed E-state index contributed by atoms with van der Waals surface area (Å²) in [5.74, 6) is -3.16. The molecule has 0 aliphatic heterocycles. The Morgan fingerprint density at radius 1 is 1.00 bits per heavy atom. The van der Waals surface area contributed by atoms with Crippen LogP contribution in [0.25, 0.3) is 20.1 Å². The first-order chi connectivity index (χ1) is 14.5. The lowest BCUT2D eigenvalue weighted by Crippen LogP contribution is -2.38. The number of halogens is 2. The van der Waals surface area contributed by atoms with Crippen LogP contribution >= 0.6 is 22.7 Å². The molecule has 2 aromatic heterocycles. The van der Waals surface area contributed by atoms with Gasteiger partial charge < -0.3 is 10.6 Å². The first-order valence-corrected chi connectivity index (χ1v) is 10.5. The van der Waals surface area contributed by atoms with Crippen molar-refractivity contribution in [3.8, 4) is 9.88 Å². The van der Waals surface area contributed by atoms with E-state index in [2.05, 4.69) is 15.6 Å². The molecule has 2 heterocycles.